The Bertz CT molecular complexity index is 1000. The Morgan fingerprint density at radius 1 is 1.29 bits per heavy atom. The van der Waals surface area contributed by atoms with Gasteiger partial charge in [0.1, 0.15) is 16.9 Å². The van der Waals surface area contributed by atoms with Crippen molar-refractivity contribution in [3.05, 3.63) is 34.4 Å². The van der Waals surface area contributed by atoms with Crippen LogP contribution in [0.15, 0.2) is 23.3 Å². The summed E-state index contributed by atoms with van der Waals surface area (Å²) in [6, 6.07) is 3.13. The zero-order valence-electron chi connectivity index (χ0n) is 15.4. The molecule has 148 valence electrons. The highest BCUT2D eigenvalue weighted by molar-refractivity contribution is 5.56. The molecule has 1 fully saturated rings. The minimum atomic E-state index is -4.60. The van der Waals surface area contributed by atoms with Gasteiger partial charge in [-0.25, -0.2) is 9.67 Å². The number of nitrogens with one attached hydrogen (secondary N) is 2. The van der Waals surface area contributed by atoms with Gasteiger partial charge in [-0.1, -0.05) is 0 Å². The van der Waals surface area contributed by atoms with Gasteiger partial charge in [-0.05, 0) is 33.6 Å². The van der Waals surface area contributed by atoms with Gasteiger partial charge in [0.25, 0.3) is 5.56 Å². The highest BCUT2D eigenvalue weighted by atomic mass is 19.4. The zero-order valence-corrected chi connectivity index (χ0v) is 15.4. The number of rotatable bonds is 5. The zero-order chi connectivity index (χ0) is 20.7. The minimum absolute atomic E-state index is 0.113. The molecule has 0 bridgehead atoms. The normalized spacial score (nSPS) is 15.6. The van der Waals surface area contributed by atoms with Crippen LogP contribution >= 0.6 is 0 Å². The second-order valence-corrected chi connectivity index (χ2v) is 7.43. The van der Waals surface area contributed by atoms with Crippen LogP contribution in [0.1, 0.15) is 39.2 Å². The SMILES string of the molecule is CC1(Nc2nc(Nc3cnn(C(C)(C)C#N)c(=O)c3)ncc2C(F)(F)F)CC1. The van der Waals surface area contributed by atoms with Gasteiger partial charge in [-0.2, -0.15) is 28.5 Å². The molecule has 2 aromatic heterocycles. The second-order valence-electron chi connectivity index (χ2n) is 7.43. The fraction of sp³-hybridized carbons (Fsp3) is 0.471. The molecule has 2 aromatic rings. The van der Waals surface area contributed by atoms with Crippen LogP contribution in [0.2, 0.25) is 0 Å². The van der Waals surface area contributed by atoms with Crippen molar-refractivity contribution < 1.29 is 13.2 Å². The number of hydrogen-bond acceptors (Lipinski definition) is 7. The molecule has 2 N–H and O–H groups in total. The smallest absolute Gasteiger partial charge is 0.364 e. The summed E-state index contributed by atoms with van der Waals surface area (Å²) in [5.74, 6) is -0.435. The fourth-order valence-electron chi connectivity index (χ4n) is 2.42. The lowest BCUT2D eigenvalue weighted by Gasteiger charge is -2.19. The van der Waals surface area contributed by atoms with Crippen LogP contribution in [0.3, 0.4) is 0 Å². The molecule has 0 atom stereocenters. The second kappa shape index (κ2) is 6.47. The number of nitriles is 1. The van der Waals surface area contributed by atoms with Gasteiger partial charge in [-0.15, -0.1) is 0 Å². The molecule has 0 radical (unpaired) electrons. The van der Waals surface area contributed by atoms with Crippen LogP contribution in [0, 0.1) is 11.3 Å². The molecular formula is C17H18F3N7O. The molecule has 0 unspecified atom stereocenters. The van der Waals surface area contributed by atoms with E-state index in [1.165, 1.54) is 26.1 Å². The van der Waals surface area contributed by atoms with E-state index in [0.29, 0.717) is 6.20 Å². The summed E-state index contributed by atoms with van der Waals surface area (Å²) in [6.45, 7) is 4.87. The third-order valence-corrected chi connectivity index (χ3v) is 4.37. The molecule has 0 amide bonds. The quantitative estimate of drug-likeness (QED) is 0.804. The molecule has 0 saturated heterocycles. The Balaban J connectivity index is 1.91. The molecule has 1 aliphatic rings. The van der Waals surface area contributed by atoms with Crippen molar-refractivity contribution in [2.24, 2.45) is 0 Å². The van der Waals surface area contributed by atoms with Gasteiger partial charge < -0.3 is 10.6 Å². The average Bonchev–Trinajstić information content (AvgIpc) is 3.30. The van der Waals surface area contributed by atoms with Crippen molar-refractivity contribution in [1.82, 2.24) is 19.7 Å². The van der Waals surface area contributed by atoms with E-state index in [4.69, 9.17) is 5.26 Å². The molecule has 3 rings (SSSR count). The molecule has 0 aromatic carbocycles. The van der Waals surface area contributed by atoms with Crippen molar-refractivity contribution >= 4 is 17.5 Å². The van der Waals surface area contributed by atoms with E-state index < -0.39 is 28.4 Å². The Labute approximate surface area is 158 Å². The van der Waals surface area contributed by atoms with Crippen molar-refractivity contribution in [3.8, 4) is 6.07 Å². The Morgan fingerprint density at radius 3 is 2.50 bits per heavy atom. The van der Waals surface area contributed by atoms with E-state index in [1.54, 1.807) is 0 Å². The Kier molecular flexibility index (Phi) is 4.53. The van der Waals surface area contributed by atoms with Crippen LogP contribution in [-0.2, 0) is 11.7 Å². The lowest BCUT2D eigenvalue weighted by Crippen LogP contribution is -2.36. The maximum Gasteiger partial charge on any atom is 0.421 e. The van der Waals surface area contributed by atoms with E-state index in [1.807, 2.05) is 13.0 Å². The topological polar surface area (TPSA) is 109 Å². The van der Waals surface area contributed by atoms with E-state index in [-0.39, 0.29) is 17.5 Å². The standard InChI is InChI=1S/C17H18F3N7O/c1-15(2,9-21)27-12(28)6-10(7-23-27)24-14-22-8-11(17(18,19)20)13(25-14)26-16(3)4-5-16/h6-8H,4-5H2,1-3H3,(H2,22,24,25,26). The first-order valence-electron chi connectivity index (χ1n) is 8.44. The summed E-state index contributed by atoms with van der Waals surface area (Å²) >= 11 is 0. The van der Waals surface area contributed by atoms with Gasteiger partial charge in [0.15, 0.2) is 0 Å². The van der Waals surface area contributed by atoms with Crippen LogP contribution in [-0.4, -0.2) is 25.3 Å². The molecular weight excluding hydrogens is 375 g/mol. The Morgan fingerprint density at radius 2 is 1.96 bits per heavy atom. The lowest BCUT2D eigenvalue weighted by atomic mass is 10.1. The first-order valence-corrected chi connectivity index (χ1v) is 8.44. The number of halogens is 3. The summed E-state index contributed by atoms with van der Waals surface area (Å²) in [5, 5.41) is 18.5. The van der Waals surface area contributed by atoms with Crippen LogP contribution in [0.4, 0.5) is 30.6 Å². The number of hydrogen-bond donors (Lipinski definition) is 2. The van der Waals surface area contributed by atoms with Crippen LogP contribution in [0.5, 0.6) is 0 Å². The van der Waals surface area contributed by atoms with E-state index in [2.05, 4.69) is 25.7 Å². The van der Waals surface area contributed by atoms with Crippen LogP contribution < -0.4 is 16.2 Å². The van der Waals surface area contributed by atoms with Gasteiger partial charge in [-0.3, -0.25) is 4.79 Å². The van der Waals surface area contributed by atoms with Gasteiger partial charge in [0, 0.05) is 17.8 Å². The van der Waals surface area contributed by atoms with E-state index in [9.17, 15) is 18.0 Å². The first-order chi connectivity index (χ1) is 12.9. The lowest BCUT2D eigenvalue weighted by molar-refractivity contribution is -0.137. The fourth-order valence-corrected chi connectivity index (χ4v) is 2.42. The van der Waals surface area contributed by atoms with Gasteiger partial charge >= 0.3 is 6.18 Å². The van der Waals surface area contributed by atoms with E-state index in [0.717, 1.165) is 17.5 Å². The highest BCUT2D eigenvalue weighted by Gasteiger charge is 2.42. The summed E-state index contributed by atoms with van der Waals surface area (Å²) in [7, 11) is 0. The third-order valence-electron chi connectivity index (χ3n) is 4.37. The third kappa shape index (κ3) is 4.05. The van der Waals surface area contributed by atoms with Gasteiger partial charge in [0.05, 0.1) is 18.0 Å². The number of aromatic nitrogens is 4. The first kappa shape index (κ1) is 19.6. The molecule has 11 heteroatoms. The Hall–Kier alpha value is -3.16. The average molecular weight is 393 g/mol. The summed E-state index contributed by atoms with van der Waals surface area (Å²) in [4.78, 5) is 19.8. The molecule has 0 spiro atoms. The van der Waals surface area contributed by atoms with Crippen molar-refractivity contribution in [2.45, 2.75) is 50.9 Å². The molecule has 8 nitrogen and oxygen atoms in total. The maximum atomic E-state index is 13.2. The number of nitrogens with zero attached hydrogens (tertiary/aromatic N) is 5. The highest BCUT2D eigenvalue weighted by Crippen LogP contribution is 2.41. The monoisotopic (exact) mass is 393 g/mol. The minimum Gasteiger partial charge on any atom is -0.364 e. The van der Waals surface area contributed by atoms with Gasteiger partial charge in [0.2, 0.25) is 5.95 Å². The molecule has 2 heterocycles. The number of anilines is 3. The summed E-state index contributed by atoms with van der Waals surface area (Å²) < 4.78 is 40.7. The predicted molar refractivity (Wildman–Crippen MR) is 95.0 cm³/mol. The van der Waals surface area contributed by atoms with E-state index >= 15 is 0 Å². The number of alkyl halides is 3. The molecule has 1 aliphatic carbocycles. The van der Waals surface area contributed by atoms with Crippen molar-refractivity contribution in [1.29, 1.82) is 5.26 Å². The largest absolute Gasteiger partial charge is 0.421 e. The van der Waals surface area contributed by atoms with Crippen LogP contribution in [0.25, 0.3) is 0 Å². The molecule has 0 aliphatic heterocycles. The maximum absolute atomic E-state index is 13.2. The van der Waals surface area contributed by atoms with Crippen molar-refractivity contribution in [3.63, 3.8) is 0 Å². The molecule has 28 heavy (non-hydrogen) atoms. The van der Waals surface area contributed by atoms with Crippen molar-refractivity contribution in [2.75, 3.05) is 10.6 Å². The predicted octanol–water partition coefficient (Wildman–Crippen LogP) is 3.02. The molecule has 1 saturated carbocycles. The summed E-state index contributed by atoms with van der Waals surface area (Å²) in [6.07, 6.45) is -1.15. The summed E-state index contributed by atoms with van der Waals surface area (Å²) in [5.41, 5.74) is -2.88.